The van der Waals surface area contributed by atoms with Crippen molar-refractivity contribution >= 4 is 130 Å². The van der Waals surface area contributed by atoms with Crippen LogP contribution in [0.15, 0.2) is 54.2 Å². The summed E-state index contributed by atoms with van der Waals surface area (Å²) in [4.78, 5) is 110. The van der Waals surface area contributed by atoms with Crippen LogP contribution >= 0.6 is 11.8 Å². The molecule has 0 aromatic heterocycles. The highest BCUT2D eigenvalue weighted by atomic mass is 32.2. The molecular formula is C57H102N2O28SSi6. The van der Waals surface area contributed by atoms with E-state index in [4.69, 9.17) is 71.7 Å². The van der Waals surface area contributed by atoms with Crippen molar-refractivity contribution < 1.29 is 128 Å². The fourth-order valence-electron chi connectivity index (χ4n) is 7.17. The highest BCUT2D eigenvalue weighted by Gasteiger charge is 2.51. The smallest absolute Gasteiger partial charge is 0.455 e. The number of carbonyl (C=O) groups is 9. The summed E-state index contributed by atoms with van der Waals surface area (Å²) < 4.78 is 94.1. The van der Waals surface area contributed by atoms with Gasteiger partial charge in [-0.15, -0.1) is 0 Å². The van der Waals surface area contributed by atoms with Crippen molar-refractivity contribution in [1.29, 1.82) is 5.26 Å². The molecule has 0 spiro atoms. The van der Waals surface area contributed by atoms with Crippen LogP contribution in [-0.2, 0) is 128 Å². The van der Waals surface area contributed by atoms with Crippen molar-refractivity contribution in [3.8, 4) is 5.40 Å². The lowest BCUT2D eigenvalue weighted by Gasteiger charge is -2.30. The van der Waals surface area contributed by atoms with Crippen LogP contribution in [0.1, 0.15) is 150 Å². The molecular weight excluding hydrogens is 1360 g/mol. The molecule has 0 heterocycles. The number of nitriles is 1. The number of carbonyl (C=O) groups excluding carboxylic acids is 10. The van der Waals surface area contributed by atoms with Gasteiger partial charge in [-0.3, -0.25) is 43.2 Å². The standard InChI is InChI=1S/C14H22O3Si.C10H21NO4Si.C10H21NO3SSi.C8H14O6Si.C8H12O6Si.C7H12O6Si/c1-5-15-18(16-6-2,17-7-3)13(4)14-11-9-8-10-12-14;1-4-13-16(14-5-2,15-6-3)9-7-8-11-10-12;1-4-12-16(13-5-2,14-6-3)9-7-8-15-10-11;2*1-5-15(12-6(2)9,13-7(3)10)14-8(4)11;1-5(8)11-14(4,12-6(2)9)13-7(3)10/h8-12H,4-7H2,1-3H3;2*4-9H2,1-3H3;5H2,1-4H3;5H,1H2,2-4H3;1-4H3. The second-order valence-corrected chi connectivity index (χ2v) is 34.0. The molecule has 0 aliphatic carbocycles. The van der Waals surface area contributed by atoms with Crippen LogP contribution in [0.3, 0.4) is 0 Å². The minimum atomic E-state index is -3.74. The Morgan fingerprint density at radius 3 is 1.01 bits per heavy atom. The van der Waals surface area contributed by atoms with E-state index in [1.165, 1.54) is 24.4 Å². The van der Waals surface area contributed by atoms with Gasteiger partial charge in [0.25, 0.3) is 53.7 Å². The average Bonchev–Trinajstić information content (AvgIpc) is 0.850. The van der Waals surface area contributed by atoms with E-state index < -0.39 is 107 Å². The maximum Gasteiger partial charge on any atom is 0.734 e. The molecule has 0 bridgehead atoms. The Hall–Kier alpha value is -5.91. The summed E-state index contributed by atoms with van der Waals surface area (Å²) in [6, 6.07) is 11.6. The zero-order valence-electron chi connectivity index (χ0n) is 58.4. The minimum absolute atomic E-state index is 0.158. The summed E-state index contributed by atoms with van der Waals surface area (Å²) in [5.41, 5.74) is 2.05. The molecule has 0 N–H and O–H groups in total. The molecule has 30 nitrogen and oxygen atoms in total. The van der Waals surface area contributed by atoms with Crippen molar-refractivity contribution in [3.63, 3.8) is 0 Å². The molecule has 538 valence electrons. The Morgan fingerprint density at radius 2 is 0.766 bits per heavy atom. The summed E-state index contributed by atoms with van der Waals surface area (Å²) in [5, 5.41) is 11.3. The van der Waals surface area contributed by atoms with E-state index in [0.717, 1.165) is 103 Å². The summed E-state index contributed by atoms with van der Waals surface area (Å²) in [7, 11) is -18.6. The molecule has 0 saturated heterocycles. The predicted octanol–water partition coefficient (Wildman–Crippen LogP) is 8.91. The largest absolute Gasteiger partial charge is 0.734 e. The fraction of sp³-hybridized carbons (Fsp3) is 0.632. The summed E-state index contributed by atoms with van der Waals surface area (Å²) in [6.07, 6.45) is 3.13. The van der Waals surface area contributed by atoms with Crippen LogP contribution in [0.2, 0.25) is 24.7 Å². The highest BCUT2D eigenvalue weighted by Crippen LogP contribution is 2.28. The van der Waals surface area contributed by atoms with E-state index in [9.17, 15) is 47.9 Å². The Labute approximate surface area is 565 Å². The van der Waals surface area contributed by atoms with Gasteiger partial charge in [-0.1, -0.05) is 50.4 Å². The Bertz CT molecular complexity index is 2320. The molecule has 0 atom stereocenters. The van der Waals surface area contributed by atoms with Gasteiger partial charge >= 0.3 is 52.8 Å². The fourth-order valence-corrected chi connectivity index (χ4v) is 20.6. The highest BCUT2D eigenvalue weighted by molar-refractivity contribution is 8.03. The van der Waals surface area contributed by atoms with Gasteiger partial charge in [-0.05, 0) is 92.5 Å². The lowest BCUT2D eigenvalue weighted by molar-refractivity contribution is -0.150. The Kier molecular flexibility index (Phi) is 57.9. The lowest BCUT2D eigenvalue weighted by Crippen LogP contribution is -2.48. The number of aliphatic imine (C=N–C) groups is 1. The van der Waals surface area contributed by atoms with Gasteiger partial charge in [-0.25, -0.2) is 9.79 Å². The van der Waals surface area contributed by atoms with Gasteiger partial charge in [-0.2, -0.15) is 5.26 Å². The number of nitrogens with zero attached hydrogens (tertiary/aromatic N) is 2. The van der Waals surface area contributed by atoms with Crippen molar-refractivity contribution in [2.24, 2.45) is 4.99 Å². The summed E-state index contributed by atoms with van der Waals surface area (Å²) in [5.74, 6) is -5.29. The van der Waals surface area contributed by atoms with Crippen LogP contribution in [0.4, 0.5) is 0 Å². The van der Waals surface area contributed by atoms with Crippen LogP contribution in [0.25, 0.3) is 5.20 Å². The molecule has 0 amide bonds. The normalized spacial score (nSPS) is 10.8. The molecule has 94 heavy (non-hydrogen) atoms. The first-order chi connectivity index (χ1) is 44.1. The number of isocyanates is 1. The van der Waals surface area contributed by atoms with Gasteiger partial charge in [0.05, 0.1) is 12.6 Å². The van der Waals surface area contributed by atoms with Crippen LogP contribution < -0.4 is 0 Å². The summed E-state index contributed by atoms with van der Waals surface area (Å²) in [6.45, 7) is 43.7. The van der Waals surface area contributed by atoms with E-state index in [-0.39, 0.29) is 6.04 Å². The van der Waals surface area contributed by atoms with E-state index in [1.54, 1.807) is 6.92 Å². The van der Waals surface area contributed by atoms with Gasteiger partial charge in [0.15, 0.2) is 0 Å². The molecule has 1 rings (SSSR count). The maximum atomic E-state index is 10.8. The zero-order chi connectivity index (χ0) is 73.5. The van der Waals surface area contributed by atoms with E-state index in [0.29, 0.717) is 72.1 Å². The third kappa shape index (κ3) is 48.7. The molecule has 0 fully saturated rings. The SMILES string of the molecule is C=C(c1ccccc1)[Si](OCC)(OCC)OCC.C=C[Si](OC(C)=O)(OC(C)=O)OC(C)=O.CC(=O)O[Si](C)(OC(C)=O)OC(C)=O.CCO[Si](CCCN=C=O)(OCC)OCC.CCO[Si](CCCSC#N)(OCC)OCC.CC[Si](OC(C)=O)(OC(C)=O)OC(C)=O. The quantitative estimate of drug-likeness (QED) is 0.0195. The van der Waals surface area contributed by atoms with E-state index in [1.807, 2.05) is 92.6 Å². The van der Waals surface area contributed by atoms with Gasteiger partial charge < -0.3 is 79.7 Å². The number of benzene rings is 1. The van der Waals surface area contributed by atoms with Gasteiger partial charge in [0.1, 0.15) is 5.40 Å². The average molecular weight is 1460 g/mol. The van der Waals surface area contributed by atoms with Crippen molar-refractivity contribution in [3.05, 3.63) is 54.8 Å². The minimum Gasteiger partial charge on any atom is -0.455 e. The molecule has 0 aliphatic rings. The van der Waals surface area contributed by atoms with Gasteiger partial charge in [0.2, 0.25) is 6.08 Å². The van der Waals surface area contributed by atoms with Crippen molar-refractivity contribution in [1.82, 2.24) is 0 Å². The molecule has 37 heteroatoms. The van der Waals surface area contributed by atoms with Crippen molar-refractivity contribution in [2.75, 3.05) is 71.8 Å². The third-order valence-electron chi connectivity index (χ3n) is 9.72. The van der Waals surface area contributed by atoms with Crippen LogP contribution in [0.5, 0.6) is 0 Å². The third-order valence-corrected chi connectivity index (χ3v) is 26.5. The Morgan fingerprint density at radius 1 is 0.468 bits per heavy atom. The molecule has 1 aromatic carbocycles. The molecule has 1 aromatic rings. The molecule has 0 unspecified atom stereocenters. The van der Waals surface area contributed by atoms with E-state index >= 15 is 0 Å². The first kappa shape index (κ1) is 96.8. The predicted molar refractivity (Wildman–Crippen MR) is 357 cm³/mol. The zero-order valence-corrected chi connectivity index (χ0v) is 65.2. The van der Waals surface area contributed by atoms with E-state index in [2.05, 4.69) is 36.8 Å². The van der Waals surface area contributed by atoms with Crippen molar-refractivity contribution in [2.45, 2.75) is 169 Å². The molecule has 0 saturated carbocycles. The number of rotatable bonds is 39. The van der Waals surface area contributed by atoms with Crippen LogP contribution in [-0.4, -0.2) is 184 Å². The molecule has 0 aliphatic heterocycles. The molecule has 0 radical (unpaired) electrons. The van der Waals surface area contributed by atoms with Gasteiger partial charge in [0, 0.05) is 157 Å². The number of hydrogen-bond donors (Lipinski definition) is 0. The van der Waals surface area contributed by atoms with Crippen LogP contribution in [0, 0.1) is 10.7 Å². The second kappa shape index (κ2) is 56.3. The second-order valence-electron chi connectivity index (χ2n) is 17.8. The topological polar surface area (TPSA) is 373 Å². The first-order valence-electron chi connectivity index (χ1n) is 30.0. The Balaban J connectivity index is -0.000000338. The monoisotopic (exact) mass is 1460 g/mol. The first-order valence-corrected chi connectivity index (χ1v) is 42.5. The number of hydrogen-bond acceptors (Lipinski definition) is 31. The lowest BCUT2D eigenvalue weighted by atomic mass is 10.2. The number of thiocyanates is 1. The maximum absolute atomic E-state index is 10.8. The number of thioether (sulfide) groups is 1. The summed E-state index contributed by atoms with van der Waals surface area (Å²) >= 11 is 1.26.